The summed E-state index contributed by atoms with van der Waals surface area (Å²) in [4.78, 5) is 0. The summed E-state index contributed by atoms with van der Waals surface area (Å²) in [6.07, 6.45) is 4.66. The Hall–Kier alpha value is -1.10. The number of benzene rings is 1. The van der Waals surface area contributed by atoms with Crippen LogP contribution in [0.4, 0.5) is 0 Å². The number of aliphatic hydroxyl groups excluding tert-OH is 1. The summed E-state index contributed by atoms with van der Waals surface area (Å²) in [5.74, 6) is 1.20. The van der Waals surface area contributed by atoms with E-state index in [1.54, 1.807) is 7.11 Å². The van der Waals surface area contributed by atoms with E-state index in [1.807, 2.05) is 18.2 Å². The van der Waals surface area contributed by atoms with Gasteiger partial charge in [0.1, 0.15) is 5.75 Å². The Morgan fingerprint density at radius 2 is 2.20 bits per heavy atom. The molecule has 0 heterocycles. The molecule has 3 atom stereocenters. The Morgan fingerprint density at radius 3 is 2.90 bits per heavy atom. The van der Waals surface area contributed by atoms with Crippen molar-refractivity contribution in [2.75, 3.05) is 20.3 Å². The molecular formula is C16H26N2O2. The van der Waals surface area contributed by atoms with Crippen LogP contribution < -0.4 is 15.8 Å². The quantitative estimate of drug-likeness (QED) is 0.743. The Balaban J connectivity index is 2.07. The van der Waals surface area contributed by atoms with E-state index in [0.717, 1.165) is 24.2 Å². The molecule has 1 aromatic rings. The van der Waals surface area contributed by atoms with Gasteiger partial charge in [-0.25, -0.2) is 0 Å². The molecule has 1 aliphatic carbocycles. The Bertz CT molecular complexity index is 411. The maximum Gasteiger partial charge on any atom is 0.119 e. The van der Waals surface area contributed by atoms with E-state index in [0.29, 0.717) is 18.5 Å². The van der Waals surface area contributed by atoms with Crippen molar-refractivity contribution in [3.05, 3.63) is 29.8 Å². The number of hydrogen-bond donors (Lipinski definition) is 3. The molecule has 0 radical (unpaired) electrons. The van der Waals surface area contributed by atoms with Crippen LogP contribution in [0.1, 0.15) is 37.3 Å². The van der Waals surface area contributed by atoms with E-state index in [1.165, 1.54) is 12.8 Å². The van der Waals surface area contributed by atoms with Gasteiger partial charge in [0.05, 0.1) is 7.11 Å². The number of ether oxygens (including phenoxy) is 1. The highest BCUT2D eigenvalue weighted by atomic mass is 16.5. The topological polar surface area (TPSA) is 67.5 Å². The monoisotopic (exact) mass is 278 g/mol. The Kier molecular flexibility index (Phi) is 5.83. The van der Waals surface area contributed by atoms with Crippen molar-refractivity contribution in [1.82, 2.24) is 5.32 Å². The van der Waals surface area contributed by atoms with E-state index < -0.39 is 0 Å². The first-order valence-electron chi connectivity index (χ1n) is 7.49. The molecule has 4 N–H and O–H groups in total. The van der Waals surface area contributed by atoms with Gasteiger partial charge in [-0.3, -0.25) is 0 Å². The van der Waals surface area contributed by atoms with Gasteiger partial charge in [0.2, 0.25) is 0 Å². The van der Waals surface area contributed by atoms with Crippen molar-refractivity contribution in [3.63, 3.8) is 0 Å². The second kappa shape index (κ2) is 7.62. The molecule has 20 heavy (non-hydrogen) atoms. The second-order valence-corrected chi connectivity index (χ2v) is 5.57. The highest BCUT2D eigenvalue weighted by Gasteiger charge is 2.26. The van der Waals surface area contributed by atoms with Gasteiger partial charge >= 0.3 is 0 Å². The molecule has 0 saturated heterocycles. The standard InChI is InChI=1S/C16H26N2O2/c1-20-14-7-4-6-12(9-14)16(10-17)18-15-8-3-2-5-13(15)11-19/h4,6-7,9,13,15-16,18-19H,2-3,5,8,10-11,17H2,1H3. The first-order chi connectivity index (χ1) is 9.78. The van der Waals surface area contributed by atoms with Crippen molar-refractivity contribution in [1.29, 1.82) is 0 Å². The molecule has 1 aliphatic rings. The maximum atomic E-state index is 9.51. The van der Waals surface area contributed by atoms with Crippen molar-refractivity contribution in [3.8, 4) is 5.75 Å². The molecule has 4 nitrogen and oxygen atoms in total. The third kappa shape index (κ3) is 3.72. The number of nitrogens with one attached hydrogen (secondary N) is 1. The smallest absolute Gasteiger partial charge is 0.119 e. The molecule has 0 spiro atoms. The van der Waals surface area contributed by atoms with Gasteiger partial charge in [0.25, 0.3) is 0 Å². The fourth-order valence-corrected chi connectivity index (χ4v) is 3.06. The van der Waals surface area contributed by atoms with Crippen molar-refractivity contribution in [2.45, 2.75) is 37.8 Å². The summed E-state index contributed by atoms with van der Waals surface area (Å²) in [7, 11) is 1.67. The summed E-state index contributed by atoms with van der Waals surface area (Å²) < 4.78 is 5.27. The highest BCUT2D eigenvalue weighted by Crippen LogP contribution is 2.27. The number of aliphatic hydroxyl groups is 1. The summed E-state index contributed by atoms with van der Waals surface area (Å²) in [6.45, 7) is 0.800. The average Bonchev–Trinajstić information content (AvgIpc) is 2.53. The van der Waals surface area contributed by atoms with Crippen LogP contribution in [0, 0.1) is 5.92 Å². The molecule has 3 unspecified atom stereocenters. The largest absolute Gasteiger partial charge is 0.497 e. The maximum absolute atomic E-state index is 9.51. The molecule has 0 aromatic heterocycles. The summed E-state index contributed by atoms with van der Waals surface area (Å²) >= 11 is 0. The van der Waals surface area contributed by atoms with Crippen LogP contribution in [0.5, 0.6) is 5.75 Å². The van der Waals surface area contributed by atoms with Crippen LogP contribution in [0.3, 0.4) is 0 Å². The molecule has 1 fully saturated rings. The molecule has 0 amide bonds. The van der Waals surface area contributed by atoms with Crippen LogP contribution >= 0.6 is 0 Å². The van der Waals surface area contributed by atoms with Gasteiger partial charge in [-0.1, -0.05) is 25.0 Å². The van der Waals surface area contributed by atoms with Crippen molar-refractivity contribution in [2.24, 2.45) is 11.7 Å². The highest BCUT2D eigenvalue weighted by molar-refractivity contribution is 5.30. The molecular weight excluding hydrogens is 252 g/mol. The predicted octanol–water partition coefficient (Wildman–Crippen LogP) is 1.84. The van der Waals surface area contributed by atoms with E-state index in [-0.39, 0.29) is 12.6 Å². The minimum Gasteiger partial charge on any atom is -0.497 e. The third-order valence-corrected chi connectivity index (χ3v) is 4.29. The zero-order chi connectivity index (χ0) is 14.4. The lowest BCUT2D eigenvalue weighted by Gasteiger charge is -2.34. The molecule has 0 aliphatic heterocycles. The molecule has 1 saturated carbocycles. The Labute approximate surface area is 121 Å². The minimum atomic E-state index is 0.113. The zero-order valence-electron chi connectivity index (χ0n) is 12.2. The van der Waals surface area contributed by atoms with Crippen LogP contribution in [-0.4, -0.2) is 31.4 Å². The summed E-state index contributed by atoms with van der Waals surface area (Å²) in [5, 5.41) is 13.1. The molecule has 2 rings (SSSR count). The normalized spacial score (nSPS) is 24.4. The number of methoxy groups -OCH3 is 1. The van der Waals surface area contributed by atoms with Crippen LogP contribution in [0.25, 0.3) is 0 Å². The van der Waals surface area contributed by atoms with E-state index in [4.69, 9.17) is 10.5 Å². The van der Waals surface area contributed by atoms with Crippen LogP contribution in [-0.2, 0) is 0 Å². The van der Waals surface area contributed by atoms with E-state index in [2.05, 4.69) is 11.4 Å². The molecule has 112 valence electrons. The first kappa shape index (κ1) is 15.3. The fourth-order valence-electron chi connectivity index (χ4n) is 3.06. The summed E-state index contributed by atoms with van der Waals surface area (Å²) in [6, 6.07) is 8.50. The van der Waals surface area contributed by atoms with Crippen LogP contribution in [0.2, 0.25) is 0 Å². The first-order valence-corrected chi connectivity index (χ1v) is 7.49. The lowest BCUT2D eigenvalue weighted by molar-refractivity contribution is 0.146. The molecule has 0 bridgehead atoms. The third-order valence-electron chi connectivity index (χ3n) is 4.29. The summed E-state index contributed by atoms with van der Waals surface area (Å²) in [5.41, 5.74) is 7.08. The van der Waals surface area contributed by atoms with Gasteiger partial charge < -0.3 is 20.9 Å². The Morgan fingerprint density at radius 1 is 1.40 bits per heavy atom. The van der Waals surface area contributed by atoms with Crippen molar-refractivity contribution >= 4 is 0 Å². The van der Waals surface area contributed by atoms with E-state index >= 15 is 0 Å². The lowest BCUT2D eigenvalue weighted by atomic mass is 9.84. The SMILES string of the molecule is COc1cccc(C(CN)NC2CCCCC2CO)c1. The van der Waals surface area contributed by atoms with Gasteiger partial charge in [0, 0.05) is 25.2 Å². The van der Waals surface area contributed by atoms with Gasteiger partial charge in [0.15, 0.2) is 0 Å². The molecule has 1 aromatic carbocycles. The number of nitrogens with two attached hydrogens (primary N) is 1. The minimum absolute atomic E-state index is 0.113. The van der Waals surface area contributed by atoms with Gasteiger partial charge in [-0.05, 0) is 36.5 Å². The van der Waals surface area contributed by atoms with Gasteiger partial charge in [-0.15, -0.1) is 0 Å². The average molecular weight is 278 g/mol. The second-order valence-electron chi connectivity index (χ2n) is 5.57. The van der Waals surface area contributed by atoms with Gasteiger partial charge in [-0.2, -0.15) is 0 Å². The van der Waals surface area contributed by atoms with Crippen molar-refractivity contribution < 1.29 is 9.84 Å². The number of rotatable bonds is 6. The predicted molar refractivity (Wildman–Crippen MR) is 80.8 cm³/mol. The lowest BCUT2D eigenvalue weighted by Crippen LogP contribution is -2.44. The van der Waals surface area contributed by atoms with Crippen LogP contribution in [0.15, 0.2) is 24.3 Å². The molecule has 4 heteroatoms. The van der Waals surface area contributed by atoms with E-state index in [9.17, 15) is 5.11 Å². The fraction of sp³-hybridized carbons (Fsp3) is 0.625. The zero-order valence-corrected chi connectivity index (χ0v) is 12.2. The number of hydrogen-bond acceptors (Lipinski definition) is 4.